The van der Waals surface area contributed by atoms with Crippen LogP contribution in [0.2, 0.25) is 0 Å². The molecule has 0 aliphatic rings. The topological polar surface area (TPSA) is 26.3 Å². The maximum Gasteiger partial charge on any atom is 0.387 e. The van der Waals surface area contributed by atoms with E-state index in [0.29, 0.717) is 5.56 Å². The summed E-state index contributed by atoms with van der Waals surface area (Å²) in [7, 11) is 0. The van der Waals surface area contributed by atoms with Crippen LogP contribution in [0.3, 0.4) is 0 Å². The molecule has 2 aromatic rings. The van der Waals surface area contributed by atoms with Crippen LogP contribution < -0.4 is 4.74 Å². The minimum Gasteiger partial charge on any atom is -0.434 e. The van der Waals surface area contributed by atoms with Crippen molar-refractivity contribution in [3.8, 4) is 5.75 Å². The molecule has 0 aliphatic heterocycles. The van der Waals surface area contributed by atoms with Gasteiger partial charge in [-0.3, -0.25) is 4.79 Å². The molecule has 0 heterocycles. The van der Waals surface area contributed by atoms with Gasteiger partial charge in [-0.1, -0.05) is 49.7 Å². The van der Waals surface area contributed by atoms with Gasteiger partial charge >= 0.3 is 6.61 Å². The van der Waals surface area contributed by atoms with Crippen LogP contribution in [0.15, 0.2) is 48.5 Å². The highest BCUT2D eigenvalue weighted by molar-refractivity contribution is 6.10. The molecule has 0 atom stereocenters. The first-order valence-corrected chi connectivity index (χ1v) is 6.79. The lowest BCUT2D eigenvalue weighted by Gasteiger charge is -2.10. The first-order valence-electron chi connectivity index (χ1n) is 6.79. The molecule has 21 heavy (non-hydrogen) atoms. The smallest absolute Gasteiger partial charge is 0.387 e. The highest BCUT2D eigenvalue weighted by Gasteiger charge is 2.16. The average molecular weight is 290 g/mol. The summed E-state index contributed by atoms with van der Waals surface area (Å²) in [5, 5.41) is 0. The van der Waals surface area contributed by atoms with E-state index >= 15 is 0 Å². The lowest BCUT2D eigenvalue weighted by molar-refractivity contribution is -0.0501. The molecule has 0 N–H and O–H groups in total. The summed E-state index contributed by atoms with van der Waals surface area (Å²) in [6.07, 6.45) is 1.97. The number of halogens is 2. The van der Waals surface area contributed by atoms with Crippen molar-refractivity contribution in [3.63, 3.8) is 0 Å². The SMILES string of the molecule is CCCc1ccc(C(=O)c2ccccc2OC(F)F)cc1. The number of carbonyl (C=O) groups excluding carboxylic acids is 1. The molecule has 0 spiro atoms. The van der Waals surface area contributed by atoms with Gasteiger partial charge in [-0.05, 0) is 24.1 Å². The number of hydrogen-bond acceptors (Lipinski definition) is 2. The quantitative estimate of drug-likeness (QED) is 0.734. The molecular weight excluding hydrogens is 274 g/mol. The van der Waals surface area contributed by atoms with Crippen molar-refractivity contribution in [3.05, 3.63) is 65.2 Å². The molecular formula is C17H16F2O2. The Morgan fingerprint density at radius 3 is 2.38 bits per heavy atom. The van der Waals surface area contributed by atoms with Crippen molar-refractivity contribution >= 4 is 5.78 Å². The molecule has 0 saturated heterocycles. The van der Waals surface area contributed by atoms with Crippen LogP contribution in [-0.4, -0.2) is 12.4 Å². The van der Waals surface area contributed by atoms with Crippen molar-refractivity contribution in [1.29, 1.82) is 0 Å². The number of ketones is 1. The monoisotopic (exact) mass is 290 g/mol. The van der Waals surface area contributed by atoms with Crippen molar-refractivity contribution in [1.82, 2.24) is 0 Å². The zero-order chi connectivity index (χ0) is 15.2. The second kappa shape index (κ2) is 6.97. The van der Waals surface area contributed by atoms with E-state index in [-0.39, 0.29) is 17.1 Å². The molecule has 2 rings (SSSR count). The fourth-order valence-electron chi connectivity index (χ4n) is 2.12. The number of aryl methyl sites for hydroxylation is 1. The third kappa shape index (κ3) is 3.88. The van der Waals surface area contributed by atoms with Crippen molar-refractivity contribution < 1.29 is 18.3 Å². The fraction of sp³-hybridized carbons (Fsp3) is 0.235. The van der Waals surface area contributed by atoms with Gasteiger partial charge in [0.15, 0.2) is 5.78 Å². The number of hydrogen-bond donors (Lipinski definition) is 0. The van der Waals surface area contributed by atoms with Gasteiger partial charge in [-0.15, -0.1) is 0 Å². The van der Waals surface area contributed by atoms with Crippen LogP contribution in [-0.2, 0) is 6.42 Å². The second-order valence-electron chi connectivity index (χ2n) is 4.65. The van der Waals surface area contributed by atoms with Gasteiger partial charge in [0.25, 0.3) is 0 Å². The predicted octanol–water partition coefficient (Wildman–Crippen LogP) is 4.47. The van der Waals surface area contributed by atoms with Crippen molar-refractivity contribution in [2.75, 3.05) is 0 Å². The zero-order valence-corrected chi connectivity index (χ0v) is 11.7. The maximum absolute atomic E-state index is 12.4. The minimum absolute atomic E-state index is 0.102. The van der Waals surface area contributed by atoms with Crippen LogP contribution in [0.1, 0.15) is 34.8 Å². The largest absolute Gasteiger partial charge is 0.434 e. The van der Waals surface area contributed by atoms with E-state index in [1.54, 1.807) is 24.3 Å². The normalized spacial score (nSPS) is 10.7. The third-order valence-electron chi connectivity index (χ3n) is 3.10. The molecule has 0 aliphatic carbocycles. The summed E-state index contributed by atoms with van der Waals surface area (Å²) in [5.74, 6) is -0.426. The van der Waals surface area contributed by atoms with Gasteiger partial charge in [-0.2, -0.15) is 8.78 Å². The van der Waals surface area contributed by atoms with E-state index < -0.39 is 6.61 Å². The summed E-state index contributed by atoms with van der Waals surface area (Å²) < 4.78 is 29.1. The van der Waals surface area contributed by atoms with Crippen LogP contribution >= 0.6 is 0 Å². The van der Waals surface area contributed by atoms with Crippen LogP contribution in [0, 0.1) is 0 Å². The molecule has 2 aromatic carbocycles. The summed E-state index contributed by atoms with van der Waals surface area (Å²) in [6.45, 7) is -0.873. The Bertz CT molecular complexity index is 606. The van der Waals surface area contributed by atoms with Crippen molar-refractivity contribution in [2.24, 2.45) is 0 Å². The van der Waals surface area contributed by atoms with Gasteiger partial charge in [0, 0.05) is 5.56 Å². The molecule has 0 fully saturated rings. The summed E-state index contributed by atoms with van der Waals surface area (Å²) in [5.41, 5.74) is 1.74. The second-order valence-corrected chi connectivity index (χ2v) is 4.65. The van der Waals surface area contributed by atoms with E-state index in [2.05, 4.69) is 11.7 Å². The average Bonchev–Trinajstić information content (AvgIpc) is 2.48. The van der Waals surface area contributed by atoms with Crippen LogP contribution in [0.5, 0.6) is 5.75 Å². The number of ether oxygens (including phenoxy) is 1. The fourth-order valence-corrected chi connectivity index (χ4v) is 2.12. The molecule has 4 heteroatoms. The van der Waals surface area contributed by atoms with Gasteiger partial charge in [0.2, 0.25) is 0 Å². The molecule has 110 valence electrons. The first kappa shape index (κ1) is 15.2. The lowest BCUT2D eigenvalue weighted by atomic mass is 10.0. The summed E-state index contributed by atoms with van der Waals surface area (Å²) in [4.78, 5) is 12.4. The van der Waals surface area contributed by atoms with Gasteiger partial charge in [0.1, 0.15) is 5.75 Å². The Labute approximate surface area is 122 Å². The Morgan fingerprint density at radius 1 is 1.10 bits per heavy atom. The van der Waals surface area contributed by atoms with Gasteiger partial charge in [0.05, 0.1) is 5.56 Å². The molecule has 0 bridgehead atoms. The number of alkyl halides is 2. The van der Waals surface area contributed by atoms with Crippen LogP contribution in [0.4, 0.5) is 8.78 Å². The molecule has 0 aromatic heterocycles. The Balaban J connectivity index is 2.27. The molecule has 0 amide bonds. The number of carbonyl (C=O) groups is 1. The Hall–Kier alpha value is -2.23. The first-order chi connectivity index (χ1) is 10.1. The Kier molecular flexibility index (Phi) is 5.04. The standard InChI is InChI=1S/C17H16F2O2/c1-2-5-12-8-10-13(11-9-12)16(20)14-6-3-4-7-15(14)21-17(18)19/h3-4,6-11,17H,2,5H2,1H3. The van der Waals surface area contributed by atoms with E-state index in [1.807, 2.05) is 12.1 Å². The minimum atomic E-state index is -2.95. The highest BCUT2D eigenvalue weighted by atomic mass is 19.3. The molecule has 2 nitrogen and oxygen atoms in total. The molecule has 0 saturated carbocycles. The molecule has 0 radical (unpaired) electrons. The molecule has 0 unspecified atom stereocenters. The number of benzene rings is 2. The highest BCUT2D eigenvalue weighted by Crippen LogP contribution is 2.23. The number of para-hydroxylation sites is 1. The van der Waals surface area contributed by atoms with E-state index in [4.69, 9.17) is 0 Å². The Morgan fingerprint density at radius 2 is 1.76 bits per heavy atom. The zero-order valence-electron chi connectivity index (χ0n) is 11.7. The van der Waals surface area contributed by atoms with Gasteiger partial charge < -0.3 is 4.74 Å². The maximum atomic E-state index is 12.4. The van der Waals surface area contributed by atoms with E-state index in [9.17, 15) is 13.6 Å². The van der Waals surface area contributed by atoms with Gasteiger partial charge in [-0.25, -0.2) is 0 Å². The third-order valence-corrected chi connectivity index (χ3v) is 3.10. The van der Waals surface area contributed by atoms with Crippen LogP contribution in [0.25, 0.3) is 0 Å². The lowest BCUT2D eigenvalue weighted by Crippen LogP contribution is -2.08. The van der Waals surface area contributed by atoms with E-state index in [0.717, 1.165) is 18.4 Å². The van der Waals surface area contributed by atoms with E-state index in [1.165, 1.54) is 12.1 Å². The summed E-state index contributed by atoms with van der Waals surface area (Å²) >= 11 is 0. The summed E-state index contributed by atoms with van der Waals surface area (Å²) in [6, 6.07) is 13.2. The number of rotatable bonds is 6. The van der Waals surface area contributed by atoms with Crippen molar-refractivity contribution in [2.45, 2.75) is 26.4 Å². The predicted molar refractivity (Wildman–Crippen MR) is 76.9 cm³/mol.